The van der Waals surface area contributed by atoms with Gasteiger partial charge >= 0.3 is 6.09 Å². The van der Waals surface area contributed by atoms with Gasteiger partial charge in [-0.3, -0.25) is 19.5 Å². The Morgan fingerprint density at radius 3 is 2.26 bits per heavy atom. The lowest BCUT2D eigenvalue weighted by Gasteiger charge is -2.27. The second-order valence-corrected chi connectivity index (χ2v) is 9.12. The van der Waals surface area contributed by atoms with Crippen molar-refractivity contribution in [2.45, 2.75) is 30.8 Å². The molecule has 0 spiro atoms. The SMILES string of the molecule is COC(=O)N[C@@H](Cc1cccnc1)C(=O)NCCCCN1C(=O)C(c2ccccc2)(c2ccccc2)N=C1N. The van der Waals surface area contributed by atoms with Crippen molar-refractivity contribution >= 4 is 23.9 Å². The van der Waals surface area contributed by atoms with Gasteiger partial charge in [0.1, 0.15) is 6.04 Å². The number of hydrogen-bond donors (Lipinski definition) is 3. The van der Waals surface area contributed by atoms with Crippen LogP contribution < -0.4 is 16.4 Å². The van der Waals surface area contributed by atoms with Gasteiger partial charge in [-0.1, -0.05) is 66.7 Å². The van der Waals surface area contributed by atoms with E-state index in [1.165, 1.54) is 12.0 Å². The normalized spacial score (nSPS) is 14.8. The van der Waals surface area contributed by atoms with Crippen LogP contribution in [0.4, 0.5) is 4.79 Å². The molecule has 0 bridgehead atoms. The van der Waals surface area contributed by atoms with Crippen LogP contribution >= 0.6 is 0 Å². The minimum absolute atomic E-state index is 0.163. The van der Waals surface area contributed by atoms with E-state index in [9.17, 15) is 14.4 Å². The quantitative estimate of drug-likeness (QED) is 0.327. The Labute approximate surface area is 227 Å². The second-order valence-electron chi connectivity index (χ2n) is 9.12. The van der Waals surface area contributed by atoms with E-state index in [0.717, 1.165) is 16.7 Å². The third kappa shape index (κ3) is 6.23. The number of pyridine rings is 1. The molecule has 1 aromatic heterocycles. The number of methoxy groups -OCH3 is 1. The number of hydrogen-bond acceptors (Lipinski definition) is 7. The van der Waals surface area contributed by atoms with Gasteiger partial charge in [-0.15, -0.1) is 0 Å². The molecule has 3 amide bonds. The Morgan fingerprint density at radius 1 is 1.00 bits per heavy atom. The highest BCUT2D eigenvalue weighted by Gasteiger charge is 2.50. The van der Waals surface area contributed by atoms with Crippen molar-refractivity contribution in [1.82, 2.24) is 20.5 Å². The van der Waals surface area contributed by atoms with Crippen LogP contribution in [0.5, 0.6) is 0 Å². The highest BCUT2D eigenvalue weighted by Crippen LogP contribution is 2.39. The molecule has 1 aliphatic heterocycles. The monoisotopic (exact) mass is 528 g/mol. The fourth-order valence-electron chi connectivity index (χ4n) is 4.59. The van der Waals surface area contributed by atoms with Crippen LogP contribution in [0.1, 0.15) is 29.5 Å². The lowest BCUT2D eigenvalue weighted by atomic mass is 9.83. The van der Waals surface area contributed by atoms with Crippen LogP contribution in [-0.4, -0.2) is 60.0 Å². The molecule has 0 saturated heterocycles. The molecule has 3 aromatic rings. The van der Waals surface area contributed by atoms with Gasteiger partial charge in [-0.05, 0) is 35.6 Å². The van der Waals surface area contributed by atoms with Gasteiger partial charge in [0.25, 0.3) is 5.91 Å². The van der Waals surface area contributed by atoms with Crippen molar-refractivity contribution in [1.29, 1.82) is 0 Å². The standard InChI is InChI=1S/C29H32N6O4/c1-39-28(38)33-24(19-21-11-10-16-31-20-21)25(36)32-17-8-9-18-35-26(37)29(34-27(35)30,22-12-4-2-5-13-22)23-14-6-3-7-15-23/h2-7,10-16,20,24H,8-9,17-19H2,1H3,(H2,30,34)(H,32,36)(H,33,38)/t24-/m0/s1. The first-order chi connectivity index (χ1) is 19.0. The maximum atomic E-state index is 13.8. The number of nitrogens with one attached hydrogen (secondary N) is 2. The first-order valence-electron chi connectivity index (χ1n) is 12.7. The van der Waals surface area contributed by atoms with E-state index in [1.54, 1.807) is 18.5 Å². The molecule has 1 atom stereocenters. The number of carbonyl (C=O) groups is 3. The van der Waals surface area contributed by atoms with Crippen molar-refractivity contribution in [2.24, 2.45) is 10.7 Å². The number of amides is 3. The van der Waals surface area contributed by atoms with Crippen LogP contribution in [0.3, 0.4) is 0 Å². The Bertz CT molecular complexity index is 1260. The van der Waals surface area contributed by atoms with E-state index < -0.39 is 17.7 Å². The smallest absolute Gasteiger partial charge is 0.407 e. The van der Waals surface area contributed by atoms with E-state index in [4.69, 9.17) is 10.7 Å². The van der Waals surface area contributed by atoms with Gasteiger partial charge in [-0.25, -0.2) is 9.79 Å². The van der Waals surface area contributed by atoms with E-state index in [0.29, 0.717) is 25.9 Å². The average molecular weight is 529 g/mol. The summed E-state index contributed by atoms with van der Waals surface area (Å²) in [6, 6.07) is 21.6. The number of alkyl carbamates (subject to hydrolysis) is 1. The number of aliphatic imine (C=N–C) groups is 1. The summed E-state index contributed by atoms with van der Waals surface area (Å²) in [6.45, 7) is 0.706. The van der Waals surface area contributed by atoms with Gasteiger partial charge in [0.05, 0.1) is 7.11 Å². The number of ether oxygens (including phenoxy) is 1. The number of guanidine groups is 1. The summed E-state index contributed by atoms with van der Waals surface area (Å²) < 4.78 is 4.66. The zero-order chi connectivity index (χ0) is 27.7. The molecule has 1 aliphatic rings. The van der Waals surface area contributed by atoms with Crippen molar-refractivity contribution in [3.05, 3.63) is 102 Å². The molecule has 4 N–H and O–H groups in total. The molecular formula is C29H32N6O4. The lowest BCUT2D eigenvalue weighted by molar-refractivity contribution is -0.130. The van der Waals surface area contributed by atoms with E-state index >= 15 is 0 Å². The largest absolute Gasteiger partial charge is 0.453 e. The number of nitrogens with two attached hydrogens (primary N) is 1. The third-order valence-electron chi connectivity index (χ3n) is 6.56. The summed E-state index contributed by atoms with van der Waals surface area (Å²) in [7, 11) is 1.24. The van der Waals surface area contributed by atoms with Gasteiger partial charge in [-0.2, -0.15) is 0 Å². The molecule has 0 unspecified atom stereocenters. The molecular weight excluding hydrogens is 496 g/mol. The maximum Gasteiger partial charge on any atom is 0.407 e. The zero-order valence-electron chi connectivity index (χ0n) is 21.7. The van der Waals surface area contributed by atoms with Crippen LogP contribution in [0.25, 0.3) is 0 Å². The van der Waals surface area contributed by atoms with E-state index in [2.05, 4.69) is 20.4 Å². The molecule has 202 valence electrons. The summed E-state index contributed by atoms with van der Waals surface area (Å²) in [4.78, 5) is 48.6. The first-order valence-corrected chi connectivity index (χ1v) is 12.7. The molecule has 10 nitrogen and oxygen atoms in total. The average Bonchev–Trinajstić information content (AvgIpc) is 3.23. The van der Waals surface area contributed by atoms with Gasteiger partial charge < -0.3 is 21.1 Å². The molecule has 0 saturated carbocycles. The van der Waals surface area contributed by atoms with Crippen molar-refractivity contribution in [3.63, 3.8) is 0 Å². The van der Waals surface area contributed by atoms with E-state index in [1.807, 2.05) is 66.7 Å². The molecule has 2 aromatic carbocycles. The minimum Gasteiger partial charge on any atom is -0.453 e. The Balaban J connectivity index is 1.36. The topological polar surface area (TPSA) is 139 Å². The maximum absolute atomic E-state index is 13.8. The summed E-state index contributed by atoms with van der Waals surface area (Å²) in [5.74, 6) is -0.384. The van der Waals surface area contributed by atoms with Gasteiger partial charge in [0.15, 0.2) is 11.5 Å². The third-order valence-corrected chi connectivity index (χ3v) is 6.56. The molecule has 0 radical (unpaired) electrons. The summed E-state index contributed by atoms with van der Waals surface area (Å²) >= 11 is 0. The summed E-state index contributed by atoms with van der Waals surface area (Å²) in [6.07, 6.45) is 4.03. The summed E-state index contributed by atoms with van der Waals surface area (Å²) in [5.41, 5.74) is 7.34. The second kappa shape index (κ2) is 12.7. The van der Waals surface area contributed by atoms with E-state index in [-0.39, 0.29) is 24.2 Å². The highest BCUT2D eigenvalue weighted by molar-refractivity contribution is 6.09. The number of carbonyl (C=O) groups excluding carboxylic acids is 3. The molecule has 0 fully saturated rings. The van der Waals surface area contributed by atoms with Crippen molar-refractivity contribution < 1.29 is 19.1 Å². The zero-order valence-corrected chi connectivity index (χ0v) is 21.7. The van der Waals surface area contributed by atoms with Crippen LogP contribution in [-0.2, 0) is 26.3 Å². The van der Waals surface area contributed by atoms with Gasteiger partial charge in [0, 0.05) is 31.9 Å². The molecule has 10 heteroatoms. The molecule has 0 aliphatic carbocycles. The van der Waals surface area contributed by atoms with Crippen molar-refractivity contribution in [2.75, 3.05) is 20.2 Å². The fourth-order valence-corrected chi connectivity index (χ4v) is 4.59. The fraction of sp³-hybridized carbons (Fsp3) is 0.276. The number of unbranched alkanes of at least 4 members (excludes halogenated alkanes) is 1. The minimum atomic E-state index is -1.24. The van der Waals surface area contributed by atoms with Crippen LogP contribution in [0.15, 0.2) is 90.2 Å². The van der Waals surface area contributed by atoms with Gasteiger partial charge in [0.2, 0.25) is 5.91 Å². The molecule has 2 heterocycles. The van der Waals surface area contributed by atoms with Crippen LogP contribution in [0.2, 0.25) is 0 Å². The predicted octanol–water partition coefficient (Wildman–Crippen LogP) is 2.35. The number of aromatic nitrogens is 1. The first kappa shape index (κ1) is 27.3. The predicted molar refractivity (Wildman–Crippen MR) is 147 cm³/mol. The molecule has 39 heavy (non-hydrogen) atoms. The molecule has 4 rings (SSSR count). The lowest BCUT2D eigenvalue weighted by Crippen LogP contribution is -2.48. The number of nitrogens with zero attached hydrogens (tertiary/aromatic N) is 3. The Hall–Kier alpha value is -4.73. The van der Waals surface area contributed by atoms with Crippen molar-refractivity contribution in [3.8, 4) is 0 Å². The number of benzene rings is 2. The number of rotatable bonds is 11. The highest BCUT2D eigenvalue weighted by atomic mass is 16.5. The Morgan fingerprint density at radius 2 is 1.67 bits per heavy atom. The Kier molecular flexibility index (Phi) is 8.88. The van der Waals surface area contributed by atoms with Crippen LogP contribution in [0, 0.1) is 0 Å². The summed E-state index contributed by atoms with van der Waals surface area (Å²) in [5, 5.41) is 5.42.